The molecule has 1 aromatic heterocycles. The zero-order valence-corrected chi connectivity index (χ0v) is 15.4. The quantitative estimate of drug-likeness (QED) is 0.566. The van der Waals surface area contributed by atoms with E-state index in [9.17, 15) is 9.18 Å². The van der Waals surface area contributed by atoms with Gasteiger partial charge in [-0.15, -0.1) is 0 Å². The lowest BCUT2D eigenvalue weighted by Gasteiger charge is -2.16. The van der Waals surface area contributed by atoms with Crippen LogP contribution >= 0.6 is 0 Å². The number of aromatic amines is 1. The second-order valence-electron chi connectivity index (χ2n) is 6.71. The maximum Gasteiger partial charge on any atom is 0.209 e. The van der Waals surface area contributed by atoms with Gasteiger partial charge < -0.3 is 15.6 Å². The lowest BCUT2D eigenvalue weighted by atomic mass is 10.1. The van der Waals surface area contributed by atoms with E-state index in [1.807, 2.05) is 6.92 Å². The van der Waals surface area contributed by atoms with E-state index in [2.05, 4.69) is 35.4 Å². The Bertz CT molecular complexity index is 743. The first-order chi connectivity index (χ1) is 12.4. The summed E-state index contributed by atoms with van der Waals surface area (Å²) in [5, 5.41) is 17.4. The summed E-state index contributed by atoms with van der Waals surface area (Å²) in [6.45, 7) is 7.62. The molecule has 1 aliphatic heterocycles. The molecule has 0 bridgehead atoms. The van der Waals surface area contributed by atoms with Crippen LogP contribution in [-0.4, -0.2) is 46.9 Å². The molecule has 140 valence electrons. The summed E-state index contributed by atoms with van der Waals surface area (Å²) in [7, 11) is 0. The van der Waals surface area contributed by atoms with Crippen molar-refractivity contribution < 1.29 is 9.18 Å². The Balaban J connectivity index is 0.000000228. The zero-order chi connectivity index (χ0) is 19.1. The van der Waals surface area contributed by atoms with Crippen molar-refractivity contribution >= 4 is 18.3 Å². The lowest BCUT2D eigenvalue weighted by Crippen LogP contribution is -2.25. The molecule has 0 radical (unpaired) electrons. The average molecular weight is 359 g/mol. The topological polar surface area (TPSA) is 84.9 Å². The van der Waals surface area contributed by atoms with Gasteiger partial charge in [0.25, 0.3) is 0 Å². The molecule has 3 rings (SSSR count). The van der Waals surface area contributed by atoms with Crippen molar-refractivity contribution in [1.29, 1.82) is 5.41 Å². The molecular weight excluding hydrogens is 333 g/mol. The highest BCUT2D eigenvalue weighted by Gasteiger charge is 2.21. The monoisotopic (exact) mass is 359 g/mol. The predicted molar refractivity (Wildman–Crippen MR) is 101 cm³/mol. The van der Waals surface area contributed by atoms with Gasteiger partial charge in [-0.3, -0.25) is 9.89 Å². The zero-order valence-electron chi connectivity index (χ0n) is 15.4. The third-order valence-corrected chi connectivity index (χ3v) is 4.24. The van der Waals surface area contributed by atoms with E-state index in [4.69, 9.17) is 5.41 Å². The maximum atomic E-state index is 13.4. The molecule has 1 aromatic carbocycles. The van der Waals surface area contributed by atoms with Crippen molar-refractivity contribution in [2.45, 2.75) is 39.2 Å². The van der Waals surface area contributed by atoms with Crippen molar-refractivity contribution in [2.75, 3.05) is 18.4 Å². The number of carbonyl (C=O) groups excluding carboxylic acids is 1. The van der Waals surface area contributed by atoms with Gasteiger partial charge in [0, 0.05) is 36.7 Å². The molecule has 2 aromatic rings. The van der Waals surface area contributed by atoms with Gasteiger partial charge in [-0.25, -0.2) is 4.39 Å². The molecule has 1 fully saturated rings. The molecule has 6 nitrogen and oxygen atoms in total. The molecule has 0 aliphatic carbocycles. The van der Waals surface area contributed by atoms with Crippen LogP contribution in [0.4, 0.5) is 10.1 Å². The Hall–Kier alpha value is -2.70. The summed E-state index contributed by atoms with van der Waals surface area (Å²) in [5.74, 6) is 0.130. The Morgan fingerprint density at radius 1 is 1.46 bits per heavy atom. The number of carbonyl (C=O) groups is 1. The molecule has 1 saturated heterocycles. The summed E-state index contributed by atoms with van der Waals surface area (Å²) < 4.78 is 13.4. The molecule has 1 aliphatic rings. The van der Waals surface area contributed by atoms with Gasteiger partial charge in [0.1, 0.15) is 5.82 Å². The number of nitrogens with one attached hydrogen (secondary N) is 3. The SMILES string of the molecule is Cc1cc(C(C)C)n[nH]1.N=Cc1c(F)cccc1NC1CCN(C=O)C1. The van der Waals surface area contributed by atoms with Crippen molar-refractivity contribution in [2.24, 2.45) is 0 Å². The molecule has 26 heavy (non-hydrogen) atoms. The highest BCUT2D eigenvalue weighted by Crippen LogP contribution is 2.20. The van der Waals surface area contributed by atoms with E-state index in [0.717, 1.165) is 37.0 Å². The highest BCUT2D eigenvalue weighted by molar-refractivity contribution is 5.86. The minimum absolute atomic E-state index is 0.126. The van der Waals surface area contributed by atoms with Crippen LogP contribution in [0.5, 0.6) is 0 Å². The van der Waals surface area contributed by atoms with Gasteiger partial charge in [0.05, 0.1) is 11.3 Å². The van der Waals surface area contributed by atoms with Crippen LogP contribution in [0.2, 0.25) is 0 Å². The van der Waals surface area contributed by atoms with Crippen LogP contribution in [0.1, 0.15) is 43.1 Å². The van der Waals surface area contributed by atoms with E-state index >= 15 is 0 Å². The summed E-state index contributed by atoms with van der Waals surface area (Å²) in [4.78, 5) is 12.3. The second kappa shape index (κ2) is 9.12. The molecular formula is C19H26FN5O. The minimum atomic E-state index is -0.407. The number of H-pyrrole nitrogens is 1. The van der Waals surface area contributed by atoms with Crippen LogP contribution in [-0.2, 0) is 4.79 Å². The van der Waals surface area contributed by atoms with E-state index in [1.54, 1.807) is 17.0 Å². The number of halogens is 1. The first-order valence-electron chi connectivity index (χ1n) is 8.71. The molecule has 0 spiro atoms. The first-order valence-corrected chi connectivity index (χ1v) is 8.71. The summed E-state index contributed by atoms with van der Waals surface area (Å²) in [6.07, 6.45) is 2.67. The molecule has 0 saturated carbocycles. The van der Waals surface area contributed by atoms with Gasteiger partial charge in [-0.05, 0) is 37.5 Å². The molecule has 1 amide bonds. The molecule has 1 unspecified atom stereocenters. The maximum absolute atomic E-state index is 13.4. The summed E-state index contributed by atoms with van der Waals surface area (Å²) in [5.41, 5.74) is 3.15. The fraction of sp³-hybridized carbons (Fsp3) is 0.421. The van der Waals surface area contributed by atoms with Crippen LogP contribution in [0, 0.1) is 18.2 Å². The van der Waals surface area contributed by atoms with Gasteiger partial charge in [-0.2, -0.15) is 5.10 Å². The fourth-order valence-electron chi connectivity index (χ4n) is 2.77. The van der Waals surface area contributed by atoms with Crippen LogP contribution in [0.3, 0.4) is 0 Å². The number of benzene rings is 1. The number of aromatic nitrogens is 2. The predicted octanol–water partition coefficient (Wildman–Crippen LogP) is 3.31. The number of nitrogens with zero attached hydrogens (tertiary/aromatic N) is 2. The number of amides is 1. The van der Waals surface area contributed by atoms with E-state index < -0.39 is 5.82 Å². The first kappa shape index (κ1) is 19.6. The Morgan fingerprint density at radius 3 is 2.73 bits per heavy atom. The normalized spacial score (nSPS) is 16.2. The number of anilines is 1. The van der Waals surface area contributed by atoms with Crippen LogP contribution in [0.25, 0.3) is 0 Å². The van der Waals surface area contributed by atoms with Gasteiger partial charge in [0.2, 0.25) is 6.41 Å². The van der Waals surface area contributed by atoms with Crippen molar-refractivity contribution in [1.82, 2.24) is 15.1 Å². The Morgan fingerprint density at radius 2 is 2.23 bits per heavy atom. The minimum Gasteiger partial charge on any atom is -0.380 e. The highest BCUT2D eigenvalue weighted by atomic mass is 19.1. The van der Waals surface area contributed by atoms with Crippen molar-refractivity contribution in [3.63, 3.8) is 0 Å². The third-order valence-electron chi connectivity index (χ3n) is 4.24. The Kier molecular flexibility index (Phi) is 6.89. The third kappa shape index (κ3) is 5.15. The molecule has 3 N–H and O–H groups in total. The molecule has 1 atom stereocenters. The van der Waals surface area contributed by atoms with Gasteiger partial charge in [0.15, 0.2) is 0 Å². The van der Waals surface area contributed by atoms with E-state index in [1.165, 1.54) is 6.07 Å². The van der Waals surface area contributed by atoms with Gasteiger partial charge in [-0.1, -0.05) is 19.9 Å². The van der Waals surface area contributed by atoms with E-state index in [0.29, 0.717) is 18.2 Å². The smallest absolute Gasteiger partial charge is 0.209 e. The number of aryl methyl sites for hydroxylation is 1. The largest absolute Gasteiger partial charge is 0.380 e. The molecule has 2 heterocycles. The summed E-state index contributed by atoms with van der Waals surface area (Å²) >= 11 is 0. The number of hydrogen-bond acceptors (Lipinski definition) is 4. The number of hydrogen-bond donors (Lipinski definition) is 3. The standard InChI is InChI=1S/C12H14FN3O.C7H12N2/c13-11-2-1-3-12(10(11)6-14)15-9-4-5-16(7-9)8-17;1-5(2)7-4-6(3)8-9-7/h1-3,6,8-9,14-15H,4-5,7H2;4-5H,1-3H3,(H,8,9). The number of likely N-dealkylation sites (tertiary alicyclic amines) is 1. The average Bonchev–Trinajstić information content (AvgIpc) is 3.24. The fourth-order valence-corrected chi connectivity index (χ4v) is 2.77. The lowest BCUT2D eigenvalue weighted by molar-refractivity contribution is -0.117. The van der Waals surface area contributed by atoms with Gasteiger partial charge >= 0.3 is 0 Å². The van der Waals surface area contributed by atoms with Crippen molar-refractivity contribution in [3.05, 3.63) is 47.0 Å². The summed E-state index contributed by atoms with van der Waals surface area (Å²) in [6, 6.07) is 6.88. The van der Waals surface area contributed by atoms with Crippen molar-refractivity contribution in [3.8, 4) is 0 Å². The second-order valence-corrected chi connectivity index (χ2v) is 6.71. The molecule has 7 heteroatoms. The number of rotatable bonds is 5. The van der Waals surface area contributed by atoms with Crippen LogP contribution in [0.15, 0.2) is 24.3 Å². The van der Waals surface area contributed by atoms with E-state index in [-0.39, 0.29) is 11.6 Å². The van der Waals surface area contributed by atoms with Crippen LogP contribution < -0.4 is 5.32 Å². The Labute approximate surface area is 153 Å².